The zero-order valence-electron chi connectivity index (χ0n) is 9.70. The number of thioether (sulfide) groups is 1. The first kappa shape index (κ1) is 13.1. The minimum atomic E-state index is -4.12. The Hall–Kier alpha value is -1.30. The molecule has 0 radical (unpaired) electrons. The van der Waals surface area contributed by atoms with Gasteiger partial charge in [-0.25, -0.2) is 0 Å². The molecule has 0 heterocycles. The van der Waals surface area contributed by atoms with E-state index in [4.69, 9.17) is 4.55 Å². The molecule has 0 amide bonds. The molecule has 2 rings (SSSR count). The van der Waals surface area contributed by atoms with E-state index < -0.39 is 10.1 Å². The molecule has 5 heteroatoms. The molecule has 1 N–H and O–H groups in total. The maximum Gasteiger partial charge on any atom is 0.294 e. The minimum absolute atomic E-state index is 0.0908. The van der Waals surface area contributed by atoms with Crippen LogP contribution in [0.3, 0.4) is 0 Å². The highest BCUT2D eigenvalue weighted by molar-refractivity contribution is 7.98. The van der Waals surface area contributed by atoms with Crippen LogP contribution in [0.15, 0.2) is 58.3 Å². The largest absolute Gasteiger partial charge is 0.294 e. The molecule has 18 heavy (non-hydrogen) atoms. The lowest BCUT2D eigenvalue weighted by Gasteiger charge is -2.04. The molecule has 0 saturated heterocycles. The fourth-order valence-electron chi connectivity index (χ4n) is 1.60. The van der Waals surface area contributed by atoms with Gasteiger partial charge in [-0.15, -0.1) is 11.8 Å². The second kappa shape index (κ2) is 5.14. The van der Waals surface area contributed by atoms with Crippen LogP contribution < -0.4 is 0 Å². The molecular weight excluding hydrogens is 268 g/mol. The molecule has 0 spiro atoms. The Balaban J connectivity index is 2.34. The highest BCUT2D eigenvalue weighted by Gasteiger charge is 2.08. The summed E-state index contributed by atoms with van der Waals surface area (Å²) >= 11 is 1.67. The van der Waals surface area contributed by atoms with Crippen molar-refractivity contribution in [2.24, 2.45) is 0 Å². The van der Waals surface area contributed by atoms with Crippen LogP contribution >= 0.6 is 11.8 Å². The van der Waals surface area contributed by atoms with Crippen LogP contribution in [-0.4, -0.2) is 19.2 Å². The van der Waals surface area contributed by atoms with Gasteiger partial charge in [-0.3, -0.25) is 4.55 Å². The molecule has 0 atom stereocenters. The average Bonchev–Trinajstić information content (AvgIpc) is 2.38. The first-order valence-corrected chi connectivity index (χ1v) is 7.89. The van der Waals surface area contributed by atoms with Gasteiger partial charge in [0, 0.05) is 4.90 Å². The van der Waals surface area contributed by atoms with Crippen LogP contribution in [0.2, 0.25) is 0 Å². The molecule has 0 fully saturated rings. The van der Waals surface area contributed by atoms with Crippen molar-refractivity contribution in [1.82, 2.24) is 0 Å². The van der Waals surface area contributed by atoms with E-state index >= 15 is 0 Å². The maximum absolute atomic E-state index is 10.9. The SMILES string of the molecule is CSc1ccc(-c2ccc(S(=O)(=O)O)cc2)cc1. The van der Waals surface area contributed by atoms with Gasteiger partial charge in [0.25, 0.3) is 10.1 Å². The third kappa shape index (κ3) is 2.93. The van der Waals surface area contributed by atoms with E-state index in [1.807, 2.05) is 30.5 Å². The molecule has 0 unspecified atom stereocenters. The predicted molar refractivity (Wildman–Crippen MR) is 73.5 cm³/mol. The number of hydrogen-bond donors (Lipinski definition) is 1. The van der Waals surface area contributed by atoms with Crippen molar-refractivity contribution in [3.8, 4) is 11.1 Å². The first-order chi connectivity index (χ1) is 8.50. The summed E-state index contributed by atoms with van der Waals surface area (Å²) in [4.78, 5) is 1.08. The van der Waals surface area contributed by atoms with Crippen LogP contribution in [0.1, 0.15) is 0 Å². The zero-order valence-corrected chi connectivity index (χ0v) is 11.3. The van der Waals surface area contributed by atoms with Gasteiger partial charge in [-0.1, -0.05) is 24.3 Å². The molecule has 0 aliphatic rings. The minimum Gasteiger partial charge on any atom is -0.282 e. The van der Waals surface area contributed by atoms with Crippen LogP contribution in [-0.2, 0) is 10.1 Å². The van der Waals surface area contributed by atoms with Crippen molar-refractivity contribution in [3.63, 3.8) is 0 Å². The lowest BCUT2D eigenvalue weighted by Crippen LogP contribution is -1.97. The van der Waals surface area contributed by atoms with E-state index in [-0.39, 0.29) is 4.90 Å². The second-order valence-electron chi connectivity index (χ2n) is 3.73. The Morgan fingerprint density at radius 1 is 0.889 bits per heavy atom. The fourth-order valence-corrected chi connectivity index (χ4v) is 2.49. The third-order valence-electron chi connectivity index (χ3n) is 2.58. The van der Waals surface area contributed by atoms with Gasteiger partial charge in [0.2, 0.25) is 0 Å². The van der Waals surface area contributed by atoms with Gasteiger partial charge >= 0.3 is 0 Å². The van der Waals surface area contributed by atoms with Crippen molar-refractivity contribution in [2.75, 3.05) is 6.26 Å². The summed E-state index contributed by atoms with van der Waals surface area (Å²) < 4.78 is 30.7. The lowest BCUT2D eigenvalue weighted by atomic mass is 10.1. The van der Waals surface area contributed by atoms with Crippen molar-refractivity contribution in [1.29, 1.82) is 0 Å². The summed E-state index contributed by atoms with van der Waals surface area (Å²) in [6.45, 7) is 0. The molecule has 0 aliphatic heterocycles. The summed E-state index contributed by atoms with van der Waals surface area (Å²) in [5, 5.41) is 0. The Morgan fingerprint density at radius 3 is 1.72 bits per heavy atom. The van der Waals surface area contributed by atoms with Crippen molar-refractivity contribution < 1.29 is 13.0 Å². The van der Waals surface area contributed by atoms with Crippen LogP contribution in [0.5, 0.6) is 0 Å². The molecule has 94 valence electrons. The summed E-state index contributed by atoms with van der Waals surface area (Å²) in [5.41, 5.74) is 1.92. The quantitative estimate of drug-likeness (QED) is 0.692. The zero-order chi connectivity index (χ0) is 13.2. The van der Waals surface area contributed by atoms with E-state index in [1.54, 1.807) is 23.9 Å². The van der Waals surface area contributed by atoms with E-state index in [1.165, 1.54) is 17.0 Å². The normalized spacial score (nSPS) is 11.4. The van der Waals surface area contributed by atoms with E-state index in [0.29, 0.717) is 0 Å². The molecule has 0 aliphatic carbocycles. The fraction of sp³-hybridized carbons (Fsp3) is 0.0769. The van der Waals surface area contributed by atoms with E-state index in [2.05, 4.69) is 0 Å². The van der Waals surface area contributed by atoms with Crippen LogP contribution in [0.4, 0.5) is 0 Å². The van der Waals surface area contributed by atoms with Gasteiger partial charge in [0.05, 0.1) is 4.90 Å². The standard InChI is InChI=1S/C13H12O3S2/c1-17-12-6-2-10(3-7-12)11-4-8-13(9-5-11)18(14,15)16/h2-9H,1H3,(H,14,15,16). The summed E-state index contributed by atoms with van der Waals surface area (Å²) in [6.07, 6.45) is 2.01. The van der Waals surface area contributed by atoms with Crippen LogP contribution in [0.25, 0.3) is 11.1 Å². The second-order valence-corrected chi connectivity index (χ2v) is 6.03. The maximum atomic E-state index is 10.9. The number of benzene rings is 2. The topological polar surface area (TPSA) is 54.4 Å². The van der Waals surface area contributed by atoms with Gasteiger partial charge in [0.1, 0.15) is 0 Å². The first-order valence-electron chi connectivity index (χ1n) is 5.23. The van der Waals surface area contributed by atoms with E-state index in [9.17, 15) is 8.42 Å². The Bertz CT molecular complexity index is 629. The Kier molecular flexibility index (Phi) is 3.75. The summed E-state index contributed by atoms with van der Waals surface area (Å²) in [7, 11) is -4.12. The van der Waals surface area contributed by atoms with Crippen LogP contribution in [0, 0.1) is 0 Å². The van der Waals surface area contributed by atoms with Crippen molar-refractivity contribution in [2.45, 2.75) is 9.79 Å². The molecular formula is C13H12O3S2. The summed E-state index contributed by atoms with van der Waals surface area (Å²) in [6, 6.07) is 14.1. The van der Waals surface area contributed by atoms with Gasteiger partial charge in [-0.05, 0) is 41.6 Å². The Morgan fingerprint density at radius 2 is 1.33 bits per heavy atom. The highest BCUT2D eigenvalue weighted by Crippen LogP contribution is 2.24. The van der Waals surface area contributed by atoms with Gasteiger partial charge in [-0.2, -0.15) is 8.42 Å². The van der Waals surface area contributed by atoms with Crippen molar-refractivity contribution in [3.05, 3.63) is 48.5 Å². The molecule has 2 aromatic carbocycles. The van der Waals surface area contributed by atoms with Gasteiger partial charge in [0.15, 0.2) is 0 Å². The molecule has 0 bridgehead atoms. The lowest BCUT2D eigenvalue weighted by molar-refractivity contribution is 0.483. The Labute approximate surface area is 111 Å². The summed E-state index contributed by atoms with van der Waals surface area (Å²) in [5.74, 6) is 0. The van der Waals surface area contributed by atoms with Crippen molar-refractivity contribution >= 4 is 21.9 Å². The average molecular weight is 280 g/mol. The molecule has 0 aromatic heterocycles. The molecule has 2 aromatic rings. The monoisotopic (exact) mass is 280 g/mol. The number of hydrogen-bond acceptors (Lipinski definition) is 3. The van der Waals surface area contributed by atoms with Gasteiger partial charge < -0.3 is 0 Å². The molecule has 0 saturated carbocycles. The smallest absolute Gasteiger partial charge is 0.282 e. The predicted octanol–water partition coefficient (Wildman–Crippen LogP) is 3.32. The number of rotatable bonds is 3. The van der Waals surface area contributed by atoms with E-state index in [0.717, 1.165) is 11.1 Å². The third-order valence-corrected chi connectivity index (χ3v) is 4.19. The highest BCUT2D eigenvalue weighted by atomic mass is 32.2. The molecule has 3 nitrogen and oxygen atoms in total.